The maximum Gasteiger partial charge on any atom is 0.222 e. The second-order valence-electron chi connectivity index (χ2n) is 3.41. The molecule has 1 aliphatic carbocycles. The van der Waals surface area contributed by atoms with E-state index >= 15 is 0 Å². The molecule has 1 fully saturated rings. The minimum atomic E-state index is 0.317. The molecular weight excluding hydrogens is 138 g/mol. The third-order valence-electron chi connectivity index (χ3n) is 2.59. The lowest BCUT2D eigenvalue weighted by molar-refractivity contribution is -0.131. The van der Waals surface area contributed by atoms with Gasteiger partial charge in [-0.2, -0.15) is 0 Å². The zero-order valence-electron chi connectivity index (χ0n) is 7.47. The van der Waals surface area contributed by atoms with Crippen LogP contribution in [0.2, 0.25) is 0 Å². The van der Waals surface area contributed by atoms with Crippen LogP contribution in [0.4, 0.5) is 0 Å². The standard InChI is InChI=1S/C9H17NO/c1-3-10(2)9(11)7-8-5-4-6-8/h8H,3-7H2,1-2H3. The van der Waals surface area contributed by atoms with Gasteiger partial charge < -0.3 is 4.90 Å². The Morgan fingerprint density at radius 2 is 2.18 bits per heavy atom. The minimum absolute atomic E-state index is 0.317. The maximum absolute atomic E-state index is 11.3. The zero-order valence-corrected chi connectivity index (χ0v) is 7.47. The Bertz CT molecular complexity index is 140. The van der Waals surface area contributed by atoms with Crippen molar-refractivity contribution in [3.63, 3.8) is 0 Å². The number of carbonyl (C=O) groups excluding carboxylic acids is 1. The number of rotatable bonds is 3. The highest BCUT2D eigenvalue weighted by molar-refractivity contribution is 5.76. The predicted octanol–water partition coefficient (Wildman–Crippen LogP) is 1.65. The van der Waals surface area contributed by atoms with Crippen molar-refractivity contribution in [1.82, 2.24) is 4.90 Å². The van der Waals surface area contributed by atoms with Gasteiger partial charge >= 0.3 is 0 Å². The molecule has 0 unspecified atom stereocenters. The van der Waals surface area contributed by atoms with E-state index in [2.05, 4.69) is 0 Å². The van der Waals surface area contributed by atoms with Crippen LogP contribution in [0.5, 0.6) is 0 Å². The van der Waals surface area contributed by atoms with Gasteiger partial charge in [-0.05, 0) is 25.7 Å². The average Bonchev–Trinajstić information content (AvgIpc) is 1.94. The van der Waals surface area contributed by atoms with Crippen LogP contribution in [0.15, 0.2) is 0 Å². The number of nitrogens with zero attached hydrogens (tertiary/aromatic N) is 1. The Morgan fingerprint density at radius 3 is 2.55 bits per heavy atom. The van der Waals surface area contributed by atoms with Crippen molar-refractivity contribution in [2.45, 2.75) is 32.6 Å². The molecule has 0 radical (unpaired) electrons. The molecule has 2 nitrogen and oxygen atoms in total. The largest absolute Gasteiger partial charge is 0.346 e. The average molecular weight is 155 g/mol. The first-order chi connectivity index (χ1) is 5.24. The molecule has 0 bridgehead atoms. The SMILES string of the molecule is CCN(C)C(=O)CC1CCC1. The third kappa shape index (κ3) is 2.21. The summed E-state index contributed by atoms with van der Waals surface area (Å²) in [4.78, 5) is 13.1. The summed E-state index contributed by atoms with van der Waals surface area (Å²) in [6.07, 6.45) is 4.64. The van der Waals surface area contributed by atoms with Crippen LogP contribution in [0.25, 0.3) is 0 Å². The van der Waals surface area contributed by atoms with Crippen LogP contribution in [0, 0.1) is 5.92 Å². The monoisotopic (exact) mass is 155 g/mol. The Labute approximate surface area is 68.6 Å². The van der Waals surface area contributed by atoms with Gasteiger partial charge in [0.1, 0.15) is 0 Å². The van der Waals surface area contributed by atoms with Crippen LogP contribution < -0.4 is 0 Å². The summed E-state index contributed by atoms with van der Waals surface area (Å²) in [7, 11) is 1.88. The van der Waals surface area contributed by atoms with Crippen molar-refractivity contribution in [1.29, 1.82) is 0 Å². The van der Waals surface area contributed by atoms with Crippen molar-refractivity contribution >= 4 is 5.91 Å². The molecule has 0 atom stereocenters. The van der Waals surface area contributed by atoms with Crippen molar-refractivity contribution in [3.05, 3.63) is 0 Å². The Balaban J connectivity index is 2.19. The molecule has 0 heterocycles. The van der Waals surface area contributed by atoms with Crippen molar-refractivity contribution in [3.8, 4) is 0 Å². The number of hydrogen-bond acceptors (Lipinski definition) is 1. The van der Waals surface area contributed by atoms with E-state index in [9.17, 15) is 4.79 Å². The lowest BCUT2D eigenvalue weighted by atomic mass is 9.83. The van der Waals surface area contributed by atoms with E-state index < -0.39 is 0 Å². The highest BCUT2D eigenvalue weighted by Crippen LogP contribution is 2.29. The molecule has 0 aromatic heterocycles. The van der Waals surface area contributed by atoms with Gasteiger partial charge in [0, 0.05) is 20.0 Å². The van der Waals surface area contributed by atoms with E-state index in [-0.39, 0.29) is 0 Å². The van der Waals surface area contributed by atoms with Gasteiger partial charge in [-0.3, -0.25) is 4.79 Å². The quantitative estimate of drug-likeness (QED) is 0.607. The van der Waals surface area contributed by atoms with E-state index in [1.165, 1.54) is 19.3 Å². The zero-order chi connectivity index (χ0) is 8.27. The molecule has 0 saturated heterocycles. The highest BCUT2D eigenvalue weighted by Gasteiger charge is 2.21. The molecule has 1 rings (SSSR count). The highest BCUT2D eigenvalue weighted by atomic mass is 16.2. The van der Waals surface area contributed by atoms with Gasteiger partial charge in [0.15, 0.2) is 0 Å². The van der Waals surface area contributed by atoms with Gasteiger partial charge in [-0.1, -0.05) is 6.42 Å². The van der Waals surface area contributed by atoms with Gasteiger partial charge in [0.2, 0.25) is 5.91 Å². The summed E-state index contributed by atoms with van der Waals surface area (Å²) in [5, 5.41) is 0. The van der Waals surface area contributed by atoms with E-state index in [1.54, 1.807) is 4.90 Å². The summed E-state index contributed by atoms with van der Waals surface area (Å²) in [6.45, 7) is 2.85. The van der Waals surface area contributed by atoms with Crippen LogP contribution in [-0.2, 0) is 4.79 Å². The fourth-order valence-corrected chi connectivity index (χ4v) is 1.28. The number of hydrogen-bond donors (Lipinski definition) is 0. The minimum Gasteiger partial charge on any atom is -0.346 e. The summed E-state index contributed by atoms with van der Waals surface area (Å²) in [5.41, 5.74) is 0. The fourth-order valence-electron chi connectivity index (χ4n) is 1.28. The maximum atomic E-state index is 11.3. The Kier molecular flexibility index (Phi) is 2.92. The fraction of sp³-hybridized carbons (Fsp3) is 0.889. The third-order valence-corrected chi connectivity index (χ3v) is 2.59. The molecule has 1 saturated carbocycles. The Morgan fingerprint density at radius 1 is 1.55 bits per heavy atom. The molecule has 0 aromatic rings. The van der Waals surface area contributed by atoms with E-state index in [4.69, 9.17) is 0 Å². The van der Waals surface area contributed by atoms with Crippen LogP contribution >= 0.6 is 0 Å². The molecule has 0 aromatic carbocycles. The van der Waals surface area contributed by atoms with Crippen molar-refractivity contribution < 1.29 is 4.79 Å². The molecule has 1 amide bonds. The summed E-state index contributed by atoms with van der Waals surface area (Å²) >= 11 is 0. The van der Waals surface area contributed by atoms with Crippen LogP contribution in [0.1, 0.15) is 32.6 Å². The topological polar surface area (TPSA) is 20.3 Å². The molecule has 0 N–H and O–H groups in total. The smallest absolute Gasteiger partial charge is 0.222 e. The van der Waals surface area contributed by atoms with Gasteiger partial charge in [-0.15, -0.1) is 0 Å². The predicted molar refractivity (Wildman–Crippen MR) is 45.3 cm³/mol. The molecule has 1 aliphatic rings. The van der Waals surface area contributed by atoms with Gasteiger partial charge in [0.05, 0.1) is 0 Å². The second kappa shape index (κ2) is 3.74. The van der Waals surface area contributed by atoms with Crippen LogP contribution in [-0.4, -0.2) is 24.4 Å². The molecule has 64 valence electrons. The Hall–Kier alpha value is -0.530. The molecular formula is C9H17NO. The van der Waals surface area contributed by atoms with Crippen molar-refractivity contribution in [2.24, 2.45) is 5.92 Å². The van der Waals surface area contributed by atoms with Crippen LogP contribution in [0.3, 0.4) is 0 Å². The number of amides is 1. The van der Waals surface area contributed by atoms with Gasteiger partial charge in [-0.25, -0.2) is 0 Å². The lowest BCUT2D eigenvalue weighted by Crippen LogP contribution is -2.29. The summed E-state index contributed by atoms with van der Waals surface area (Å²) in [6, 6.07) is 0. The summed E-state index contributed by atoms with van der Waals surface area (Å²) < 4.78 is 0. The molecule has 0 aliphatic heterocycles. The molecule has 11 heavy (non-hydrogen) atoms. The first-order valence-corrected chi connectivity index (χ1v) is 4.48. The van der Waals surface area contributed by atoms with E-state index in [0.717, 1.165) is 13.0 Å². The normalized spacial score (nSPS) is 17.6. The van der Waals surface area contributed by atoms with Crippen molar-refractivity contribution in [2.75, 3.05) is 13.6 Å². The molecule has 0 spiro atoms. The van der Waals surface area contributed by atoms with E-state index in [1.807, 2.05) is 14.0 Å². The summed E-state index contributed by atoms with van der Waals surface area (Å²) in [5.74, 6) is 1.02. The lowest BCUT2D eigenvalue weighted by Gasteiger charge is -2.26. The van der Waals surface area contributed by atoms with Gasteiger partial charge in [0.25, 0.3) is 0 Å². The number of carbonyl (C=O) groups is 1. The second-order valence-corrected chi connectivity index (χ2v) is 3.41. The molecule has 2 heteroatoms. The first-order valence-electron chi connectivity index (χ1n) is 4.48. The first kappa shape index (κ1) is 8.57. The van der Waals surface area contributed by atoms with E-state index in [0.29, 0.717) is 11.8 Å².